The van der Waals surface area contributed by atoms with Crippen LogP contribution in [0.15, 0.2) is 0 Å². The maximum Gasteiger partial charge on any atom is 0.0156 e. The van der Waals surface area contributed by atoms with Gasteiger partial charge in [-0.1, -0.05) is 20.3 Å². The first-order valence-corrected chi connectivity index (χ1v) is 5.30. The third-order valence-electron chi connectivity index (χ3n) is 4.01. The zero-order chi connectivity index (χ0) is 8.82. The highest BCUT2D eigenvalue weighted by Crippen LogP contribution is 2.43. The molecule has 70 valence electrons. The van der Waals surface area contributed by atoms with Gasteiger partial charge in [0.25, 0.3) is 0 Å². The van der Waals surface area contributed by atoms with Crippen LogP contribution in [0.2, 0.25) is 0 Å². The van der Waals surface area contributed by atoms with E-state index in [1.807, 2.05) is 0 Å². The van der Waals surface area contributed by atoms with Crippen molar-refractivity contribution in [1.29, 1.82) is 0 Å². The normalized spacial score (nSPS) is 45.8. The molecule has 0 amide bonds. The maximum absolute atomic E-state index is 3.82. The number of hydrogen-bond acceptors (Lipinski definition) is 1. The Bertz CT molecular complexity index is 181. The van der Waals surface area contributed by atoms with Crippen LogP contribution in [-0.2, 0) is 0 Å². The minimum atomic E-state index is 0.485. The largest absolute Gasteiger partial charge is 0.308 e. The van der Waals surface area contributed by atoms with Crippen LogP contribution in [0.1, 0.15) is 52.9 Å². The van der Waals surface area contributed by atoms with Crippen molar-refractivity contribution in [3.8, 4) is 0 Å². The van der Waals surface area contributed by atoms with Gasteiger partial charge in [-0.05, 0) is 38.0 Å². The van der Waals surface area contributed by atoms with Crippen LogP contribution in [0.4, 0.5) is 0 Å². The predicted molar refractivity (Wildman–Crippen MR) is 52.2 cm³/mol. The summed E-state index contributed by atoms with van der Waals surface area (Å²) >= 11 is 0. The molecule has 0 radical (unpaired) electrons. The van der Waals surface area contributed by atoms with E-state index >= 15 is 0 Å². The number of rotatable bonds is 0. The van der Waals surface area contributed by atoms with Crippen LogP contribution in [0.25, 0.3) is 0 Å². The minimum Gasteiger partial charge on any atom is -0.308 e. The Morgan fingerprint density at radius 2 is 1.83 bits per heavy atom. The van der Waals surface area contributed by atoms with Crippen molar-refractivity contribution in [1.82, 2.24) is 5.32 Å². The molecule has 0 aromatic heterocycles. The molecule has 0 aliphatic carbocycles. The third kappa shape index (κ3) is 1.28. The molecule has 2 aliphatic rings. The van der Waals surface area contributed by atoms with E-state index in [9.17, 15) is 0 Å². The molecule has 1 nitrogen and oxygen atoms in total. The first-order valence-electron chi connectivity index (χ1n) is 5.30. The molecule has 2 atom stereocenters. The van der Waals surface area contributed by atoms with E-state index in [0.29, 0.717) is 11.0 Å². The van der Waals surface area contributed by atoms with Crippen LogP contribution in [0.5, 0.6) is 0 Å². The van der Waals surface area contributed by atoms with E-state index in [4.69, 9.17) is 0 Å². The summed E-state index contributed by atoms with van der Waals surface area (Å²) in [4.78, 5) is 0. The number of piperidine rings is 2. The van der Waals surface area contributed by atoms with Gasteiger partial charge in [-0.3, -0.25) is 0 Å². The average molecular weight is 167 g/mol. The van der Waals surface area contributed by atoms with Crippen LogP contribution < -0.4 is 5.32 Å². The lowest BCUT2D eigenvalue weighted by atomic mass is 9.66. The van der Waals surface area contributed by atoms with Crippen LogP contribution in [-0.4, -0.2) is 11.6 Å². The van der Waals surface area contributed by atoms with Gasteiger partial charge < -0.3 is 5.32 Å². The molecule has 0 aromatic carbocycles. The van der Waals surface area contributed by atoms with Gasteiger partial charge in [-0.2, -0.15) is 0 Å². The first-order chi connectivity index (χ1) is 5.52. The zero-order valence-corrected chi connectivity index (χ0v) is 8.61. The first kappa shape index (κ1) is 8.55. The number of hydrogen-bond donors (Lipinski definition) is 1. The lowest BCUT2D eigenvalue weighted by Gasteiger charge is -2.52. The molecule has 0 spiro atoms. The number of fused-ring (bicyclic) bond motifs is 2. The van der Waals surface area contributed by atoms with Crippen molar-refractivity contribution in [3.63, 3.8) is 0 Å². The highest BCUT2D eigenvalue weighted by molar-refractivity contribution is 5.01. The fourth-order valence-corrected chi connectivity index (χ4v) is 2.82. The Morgan fingerprint density at radius 1 is 1.08 bits per heavy atom. The SMILES string of the molecule is CC1(C)CC[C@]2(C)CCC[C@H]1N2. The summed E-state index contributed by atoms with van der Waals surface area (Å²) in [6.45, 7) is 7.22. The molecule has 1 N–H and O–H groups in total. The molecular weight excluding hydrogens is 146 g/mol. The van der Waals surface area contributed by atoms with Crippen molar-refractivity contribution in [3.05, 3.63) is 0 Å². The average Bonchev–Trinajstić information content (AvgIpc) is 2.00. The van der Waals surface area contributed by atoms with E-state index in [0.717, 1.165) is 6.04 Å². The molecule has 12 heavy (non-hydrogen) atoms. The van der Waals surface area contributed by atoms with Gasteiger partial charge in [0.2, 0.25) is 0 Å². The topological polar surface area (TPSA) is 12.0 Å². The molecule has 2 fully saturated rings. The van der Waals surface area contributed by atoms with Crippen LogP contribution in [0, 0.1) is 5.41 Å². The maximum atomic E-state index is 3.82. The highest BCUT2D eigenvalue weighted by Gasteiger charge is 2.43. The van der Waals surface area contributed by atoms with Crippen molar-refractivity contribution >= 4 is 0 Å². The molecule has 0 unspecified atom stereocenters. The van der Waals surface area contributed by atoms with Gasteiger partial charge in [-0.25, -0.2) is 0 Å². The molecule has 2 heterocycles. The van der Waals surface area contributed by atoms with Gasteiger partial charge in [0.15, 0.2) is 0 Å². The van der Waals surface area contributed by atoms with Gasteiger partial charge in [0.05, 0.1) is 0 Å². The molecule has 1 heteroatoms. The Labute approximate surface area is 75.9 Å². The quantitative estimate of drug-likeness (QED) is 0.585. The van der Waals surface area contributed by atoms with E-state index in [-0.39, 0.29) is 0 Å². The summed E-state index contributed by atoms with van der Waals surface area (Å²) in [5, 5.41) is 3.82. The Balaban J connectivity index is 2.16. The summed E-state index contributed by atoms with van der Waals surface area (Å²) in [5.74, 6) is 0. The Kier molecular flexibility index (Phi) is 1.76. The second-order valence-electron chi connectivity index (χ2n) is 5.64. The molecular formula is C11H21N. The van der Waals surface area contributed by atoms with Crippen molar-refractivity contribution in [2.75, 3.05) is 0 Å². The molecule has 2 bridgehead atoms. The van der Waals surface area contributed by atoms with E-state index in [1.165, 1.54) is 32.1 Å². The second kappa shape index (κ2) is 2.47. The zero-order valence-electron chi connectivity index (χ0n) is 8.61. The lowest BCUT2D eigenvalue weighted by molar-refractivity contribution is 0.0554. The predicted octanol–water partition coefficient (Wildman–Crippen LogP) is 2.71. The summed E-state index contributed by atoms with van der Waals surface area (Å²) < 4.78 is 0. The van der Waals surface area contributed by atoms with Crippen molar-refractivity contribution < 1.29 is 0 Å². The Hall–Kier alpha value is -0.0400. The summed E-state index contributed by atoms with van der Waals surface area (Å²) in [6, 6.07) is 0.782. The van der Waals surface area contributed by atoms with E-state index < -0.39 is 0 Å². The fraction of sp³-hybridized carbons (Fsp3) is 1.00. The molecule has 2 aliphatic heterocycles. The van der Waals surface area contributed by atoms with Gasteiger partial charge in [0, 0.05) is 11.6 Å². The van der Waals surface area contributed by atoms with Gasteiger partial charge in [0.1, 0.15) is 0 Å². The van der Waals surface area contributed by atoms with E-state index in [2.05, 4.69) is 26.1 Å². The van der Waals surface area contributed by atoms with Gasteiger partial charge >= 0.3 is 0 Å². The summed E-state index contributed by atoms with van der Waals surface area (Å²) in [7, 11) is 0. The second-order valence-corrected chi connectivity index (χ2v) is 5.64. The summed E-state index contributed by atoms with van der Waals surface area (Å²) in [5.41, 5.74) is 1.03. The lowest BCUT2D eigenvalue weighted by Crippen LogP contribution is -2.60. The van der Waals surface area contributed by atoms with Crippen LogP contribution in [0.3, 0.4) is 0 Å². The van der Waals surface area contributed by atoms with E-state index in [1.54, 1.807) is 0 Å². The van der Waals surface area contributed by atoms with Crippen LogP contribution >= 0.6 is 0 Å². The third-order valence-corrected chi connectivity index (χ3v) is 4.01. The number of nitrogens with one attached hydrogen (secondary N) is 1. The summed E-state index contributed by atoms with van der Waals surface area (Å²) in [6.07, 6.45) is 6.98. The molecule has 2 saturated heterocycles. The van der Waals surface area contributed by atoms with Gasteiger partial charge in [-0.15, -0.1) is 0 Å². The van der Waals surface area contributed by atoms with Crippen molar-refractivity contribution in [2.24, 2.45) is 5.41 Å². The fourth-order valence-electron chi connectivity index (χ4n) is 2.82. The highest BCUT2D eigenvalue weighted by atomic mass is 15.0. The molecule has 2 rings (SSSR count). The van der Waals surface area contributed by atoms with Crippen molar-refractivity contribution in [2.45, 2.75) is 64.5 Å². The Morgan fingerprint density at radius 3 is 2.50 bits per heavy atom. The monoisotopic (exact) mass is 167 g/mol. The molecule has 0 saturated carbocycles. The molecule has 0 aromatic rings. The smallest absolute Gasteiger partial charge is 0.0156 e. The minimum absolute atomic E-state index is 0.485. The standard InChI is InChI=1S/C11H21N/c1-10(2)7-8-11(3)6-4-5-9(10)12-11/h9,12H,4-8H2,1-3H3/t9-,11+/m1/s1.